The summed E-state index contributed by atoms with van der Waals surface area (Å²) in [5.41, 5.74) is 0.356. The second kappa shape index (κ2) is 4.74. The minimum Gasteiger partial charge on any atom is -0.317 e. The molecule has 1 N–H and O–H groups in total. The van der Waals surface area contributed by atoms with Crippen LogP contribution < -0.4 is 10.2 Å². The molecule has 2 aliphatic heterocycles. The van der Waals surface area contributed by atoms with Gasteiger partial charge in [-0.3, -0.25) is 9.59 Å². The number of nitrogens with one attached hydrogen (secondary N) is 1. The highest BCUT2D eigenvalue weighted by Crippen LogP contribution is 2.33. The van der Waals surface area contributed by atoms with Gasteiger partial charge in [-0.25, -0.2) is 4.39 Å². The van der Waals surface area contributed by atoms with E-state index >= 15 is 0 Å². The lowest BCUT2D eigenvalue weighted by Crippen LogP contribution is -2.39. The molecule has 0 aliphatic carbocycles. The molecule has 1 saturated heterocycles. The van der Waals surface area contributed by atoms with E-state index in [1.54, 1.807) is 0 Å². The van der Waals surface area contributed by atoms with Gasteiger partial charge in [0.1, 0.15) is 5.82 Å². The fourth-order valence-corrected chi connectivity index (χ4v) is 2.81. The zero-order valence-electron chi connectivity index (χ0n) is 10.5. The van der Waals surface area contributed by atoms with Crippen molar-refractivity contribution in [3.8, 4) is 0 Å². The summed E-state index contributed by atoms with van der Waals surface area (Å²) in [6.07, 6.45) is 1.89. The van der Waals surface area contributed by atoms with E-state index in [9.17, 15) is 14.0 Å². The smallest absolute Gasteiger partial charge is 0.299 e. The molecule has 4 nitrogen and oxygen atoms in total. The van der Waals surface area contributed by atoms with Gasteiger partial charge in [0.05, 0.1) is 11.3 Å². The monoisotopic (exact) mass is 262 g/mol. The Morgan fingerprint density at radius 1 is 1.26 bits per heavy atom. The first-order valence-electron chi connectivity index (χ1n) is 6.54. The number of benzene rings is 1. The molecule has 0 spiro atoms. The van der Waals surface area contributed by atoms with Crippen LogP contribution in [0.2, 0.25) is 0 Å². The van der Waals surface area contributed by atoms with Gasteiger partial charge in [-0.1, -0.05) is 6.07 Å². The molecule has 0 bridgehead atoms. The summed E-state index contributed by atoms with van der Waals surface area (Å²) in [6, 6.07) is 4.27. The number of ketones is 1. The minimum absolute atomic E-state index is 0.163. The Hall–Kier alpha value is -1.75. The zero-order chi connectivity index (χ0) is 13.4. The van der Waals surface area contributed by atoms with Crippen molar-refractivity contribution in [3.05, 3.63) is 29.6 Å². The van der Waals surface area contributed by atoms with E-state index in [1.165, 1.54) is 23.1 Å². The normalized spacial score (nSPS) is 19.9. The van der Waals surface area contributed by atoms with Gasteiger partial charge in [-0.2, -0.15) is 0 Å². The molecule has 1 amide bonds. The van der Waals surface area contributed by atoms with Crippen LogP contribution in [0.3, 0.4) is 0 Å². The van der Waals surface area contributed by atoms with Crippen LogP contribution in [-0.4, -0.2) is 31.3 Å². The number of carbonyl (C=O) groups is 2. The maximum absolute atomic E-state index is 13.9. The van der Waals surface area contributed by atoms with Gasteiger partial charge in [-0.15, -0.1) is 0 Å². The Morgan fingerprint density at radius 2 is 2.00 bits per heavy atom. The van der Waals surface area contributed by atoms with Crippen LogP contribution in [0.5, 0.6) is 0 Å². The molecule has 0 aromatic heterocycles. The molecule has 1 aromatic rings. The lowest BCUT2D eigenvalue weighted by Gasteiger charge is -2.27. The Kier molecular flexibility index (Phi) is 3.06. The van der Waals surface area contributed by atoms with Crippen LogP contribution in [0.25, 0.3) is 0 Å². The quantitative estimate of drug-likeness (QED) is 0.819. The van der Waals surface area contributed by atoms with E-state index in [0.29, 0.717) is 12.5 Å². The summed E-state index contributed by atoms with van der Waals surface area (Å²) in [7, 11) is 0. The van der Waals surface area contributed by atoms with Crippen molar-refractivity contribution in [2.45, 2.75) is 12.8 Å². The number of anilines is 1. The number of fused-ring (bicyclic) bond motifs is 1. The van der Waals surface area contributed by atoms with Crippen LogP contribution in [0.1, 0.15) is 23.2 Å². The third-order valence-corrected chi connectivity index (χ3v) is 3.84. The number of nitrogens with zero attached hydrogens (tertiary/aromatic N) is 1. The Labute approximate surface area is 110 Å². The van der Waals surface area contributed by atoms with E-state index in [-0.39, 0.29) is 11.3 Å². The van der Waals surface area contributed by atoms with E-state index < -0.39 is 17.5 Å². The molecule has 0 saturated carbocycles. The molecule has 1 fully saturated rings. The first-order chi connectivity index (χ1) is 9.18. The second-order valence-corrected chi connectivity index (χ2v) is 5.07. The number of Topliss-reactive ketones (excluding diaryl/α,β-unsaturated/α-hetero) is 1. The first kappa shape index (κ1) is 12.3. The fourth-order valence-electron chi connectivity index (χ4n) is 2.81. The number of rotatable bonds is 2. The van der Waals surface area contributed by atoms with Crippen molar-refractivity contribution < 1.29 is 14.0 Å². The van der Waals surface area contributed by atoms with Gasteiger partial charge in [0.2, 0.25) is 0 Å². The summed E-state index contributed by atoms with van der Waals surface area (Å²) < 4.78 is 13.9. The molecule has 3 rings (SSSR count). The summed E-state index contributed by atoms with van der Waals surface area (Å²) in [5.74, 6) is -1.36. The fraction of sp³-hybridized carbons (Fsp3) is 0.429. The molecule has 0 radical (unpaired) electrons. The maximum atomic E-state index is 13.9. The van der Waals surface area contributed by atoms with Crippen molar-refractivity contribution in [2.24, 2.45) is 5.92 Å². The summed E-state index contributed by atoms with van der Waals surface area (Å²) in [6.45, 7) is 2.25. The largest absolute Gasteiger partial charge is 0.317 e. The highest BCUT2D eigenvalue weighted by atomic mass is 19.1. The zero-order valence-corrected chi connectivity index (χ0v) is 10.5. The molecule has 0 atom stereocenters. The van der Waals surface area contributed by atoms with Gasteiger partial charge in [0.25, 0.3) is 11.7 Å². The Morgan fingerprint density at radius 3 is 2.74 bits per heavy atom. The number of carbonyl (C=O) groups excluding carboxylic acids is 2. The van der Waals surface area contributed by atoms with Crippen LogP contribution in [0.15, 0.2) is 18.2 Å². The van der Waals surface area contributed by atoms with E-state index in [0.717, 1.165) is 25.9 Å². The van der Waals surface area contributed by atoms with E-state index in [1.807, 2.05) is 0 Å². The third-order valence-electron chi connectivity index (χ3n) is 3.84. The molecule has 2 aliphatic rings. The molecule has 100 valence electrons. The molecule has 2 heterocycles. The lowest BCUT2D eigenvalue weighted by atomic mass is 9.97. The van der Waals surface area contributed by atoms with Crippen molar-refractivity contribution >= 4 is 17.4 Å². The first-order valence-corrected chi connectivity index (χ1v) is 6.54. The predicted molar refractivity (Wildman–Crippen MR) is 68.7 cm³/mol. The van der Waals surface area contributed by atoms with Gasteiger partial charge in [-0.05, 0) is 44.0 Å². The molecule has 1 aromatic carbocycles. The predicted octanol–water partition coefficient (Wildman–Crippen LogP) is 1.35. The number of hydrogen-bond acceptors (Lipinski definition) is 3. The van der Waals surface area contributed by atoms with E-state index in [4.69, 9.17) is 0 Å². The van der Waals surface area contributed by atoms with Crippen molar-refractivity contribution in [1.82, 2.24) is 5.32 Å². The van der Waals surface area contributed by atoms with Crippen LogP contribution in [-0.2, 0) is 4.79 Å². The Bertz CT molecular complexity index is 538. The molecule has 5 heteroatoms. The molecule has 19 heavy (non-hydrogen) atoms. The number of piperidine rings is 1. The van der Waals surface area contributed by atoms with Crippen molar-refractivity contribution in [1.29, 1.82) is 0 Å². The van der Waals surface area contributed by atoms with Crippen LogP contribution >= 0.6 is 0 Å². The standard InChI is InChI=1S/C14H15FN2O2/c15-11-3-1-2-10-12(11)17(14(19)13(10)18)8-9-4-6-16-7-5-9/h1-3,9,16H,4-8H2. The minimum atomic E-state index is -0.598. The highest BCUT2D eigenvalue weighted by Gasteiger charge is 2.38. The Balaban J connectivity index is 1.90. The highest BCUT2D eigenvalue weighted by molar-refractivity contribution is 6.52. The third kappa shape index (κ3) is 2.04. The second-order valence-electron chi connectivity index (χ2n) is 5.07. The average Bonchev–Trinajstić information content (AvgIpc) is 2.67. The molecular weight excluding hydrogens is 247 g/mol. The van der Waals surface area contributed by atoms with Crippen LogP contribution in [0.4, 0.5) is 10.1 Å². The SMILES string of the molecule is O=C1C(=O)N(CC2CCNCC2)c2c(F)cccc21. The summed E-state index contributed by atoms with van der Waals surface area (Å²) >= 11 is 0. The molecule has 0 unspecified atom stereocenters. The summed E-state index contributed by atoms with van der Waals surface area (Å²) in [4.78, 5) is 25.1. The number of para-hydroxylation sites is 1. The summed E-state index contributed by atoms with van der Waals surface area (Å²) in [5, 5.41) is 3.25. The van der Waals surface area contributed by atoms with Gasteiger partial charge >= 0.3 is 0 Å². The van der Waals surface area contributed by atoms with Crippen molar-refractivity contribution in [3.63, 3.8) is 0 Å². The van der Waals surface area contributed by atoms with E-state index in [2.05, 4.69) is 5.32 Å². The van der Waals surface area contributed by atoms with Gasteiger partial charge in [0.15, 0.2) is 0 Å². The van der Waals surface area contributed by atoms with Gasteiger partial charge < -0.3 is 10.2 Å². The number of hydrogen-bond donors (Lipinski definition) is 1. The average molecular weight is 262 g/mol. The van der Waals surface area contributed by atoms with Crippen LogP contribution in [0, 0.1) is 11.7 Å². The lowest BCUT2D eigenvalue weighted by molar-refractivity contribution is -0.114. The van der Waals surface area contributed by atoms with Gasteiger partial charge in [0, 0.05) is 6.54 Å². The van der Waals surface area contributed by atoms with Crippen molar-refractivity contribution in [2.75, 3.05) is 24.5 Å². The maximum Gasteiger partial charge on any atom is 0.299 e. The number of halogens is 1. The number of amides is 1. The molecular formula is C14H15FN2O2. The topological polar surface area (TPSA) is 49.4 Å².